The molecule has 2 nitrogen and oxygen atoms in total. The summed E-state index contributed by atoms with van der Waals surface area (Å²) >= 11 is 0. The van der Waals surface area contributed by atoms with Gasteiger partial charge < -0.3 is 4.74 Å². The fraction of sp³-hybridized carbons (Fsp3) is 0.375. The lowest BCUT2D eigenvalue weighted by atomic mass is 10.1. The van der Waals surface area contributed by atoms with Crippen LogP contribution in [0.4, 0.5) is 0 Å². The van der Waals surface area contributed by atoms with Crippen molar-refractivity contribution in [2.24, 2.45) is 0 Å². The van der Waals surface area contributed by atoms with Crippen molar-refractivity contribution in [2.45, 2.75) is 19.4 Å². The van der Waals surface area contributed by atoms with E-state index in [9.17, 15) is 4.79 Å². The Morgan fingerprint density at radius 3 is 2.60 bits per heavy atom. The highest BCUT2D eigenvalue weighted by molar-refractivity contribution is 5.90. The first-order chi connectivity index (χ1) is 4.61. The van der Waals surface area contributed by atoms with Crippen LogP contribution in [0.3, 0.4) is 0 Å². The molecule has 10 heavy (non-hydrogen) atoms. The molecule has 0 aromatic carbocycles. The third-order valence-electron chi connectivity index (χ3n) is 1.52. The monoisotopic (exact) mass is 138 g/mol. The van der Waals surface area contributed by atoms with Gasteiger partial charge in [0.15, 0.2) is 0 Å². The number of ether oxygens (including phenoxy) is 1. The summed E-state index contributed by atoms with van der Waals surface area (Å²) in [5.41, 5.74) is 1.43. The first kappa shape index (κ1) is 7.06. The Balaban J connectivity index is 2.66. The molecule has 0 N–H and O–H groups in total. The van der Waals surface area contributed by atoms with Gasteiger partial charge in [-0.3, -0.25) is 0 Å². The first-order valence-corrected chi connectivity index (χ1v) is 3.15. The molecule has 1 aliphatic rings. The fourth-order valence-electron chi connectivity index (χ4n) is 0.836. The van der Waals surface area contributed by atoms with Crippen molar-refractivity contribution < 1.29 is 9.53 Å². The third-order valence-corrected chi connectivity index (χ3v) is 1.52. The summed E-state index contributed by atoms with van der Waals surface area (Å²) in [6.07, 6.45) is 0.480. The summed E-state index contributed by atoms with van der Waals surface area (Å²) in [4.78, 5) is 10.7. The zero-order chi connectivity index (χ0) is 7.72. The molecule has 2 heteroatoms. The van der Waals surface area contributed by atoms with Crippen LogP contribution < -0.4 is 0 Å². The minimum atomic E-state index is -0.284. The lowest BCUT2D eigenvalue weighted by Gasteiger charge is -2.05. The van der Waals surface area contributed by atoms with Gasteiger partial charge in [0.1, 0.15) is 6.10 Å². The summed E-state index contributed by atoms with van der Waals surface area (Å²) in [6.45, 7) is 9.08. The van der Waals surface area contributed by atoms with Crippen molar-refractivity contribution in [3.8, 4) is 0 Å². The summed E-state index contributed by atoms with van der Waals surface area (Å²) in [5.74, 6) is -0.284. The Hall–Kier alpha value is -1.05. The Kier molecular flexibility index (Phi) is 1.62. The quantitative estimate of drug-likeness (QED) is 0.311. The molecule has 1 fully saturated rings. The smallest absolute Gasteiger partial charge is 0.334 e. The lowest BCUT2D eigenvalue weighted by Crippen LogP contribution is -2.06. The van der Waals surface area contributed by atoms with Gasteiger partial charge in [-0.05, 0) is 12.5 Å². The van der Waals surface area contributed by atoms with E-state index in [0.29, 0.717) is 12.0 Å². The van der Waals surface area contributed by atoms with Crippen LogP contribution >= 0.6 is 0 Å². The van der Waals surface area contributed by atoms with Crippen LogP contribution in [0.5, 0.6) is 0 Å². The zero-order valence-electron chi connectivity index (χ0n) is 6.02. The maximum atomic E-state index is 10.7. The average molecular weight is 138 g/mol. The molecular formula is C8H10O2. The number of carbonyl (C=O) groups is 1. The van der Waals surface area contributed by atoms with E-state index in [4.69, 9.17) is 4.74 Å². The van der Waals surface area contributed by atoms with Crippen LogP contribution in [0.25, 0.3) is 0 Å². The number of esters is 1. The molecule has 0 aromatic rings. The van der Waals surface area contributed by atoms with Crippen LogP contribution in [0, 0.1) is 0 Å². The molecular weight excluding hydrogens is 128 g/mol. The summed E-state index contributed by atoms with van der Waals surface area (Å²) in [5, 5.41) is 0. The van der Waals surface area contributed by atoms with E-state index in [0.717, 1.165) is 5.57 Å². The van der Waals surface area contributed by atoms with Gasteiger partial charge in [-0.25, -0.2) is 4.79 Å². The Morgan fingerprint density at radius 2 is 2.40 bits per heavy atom. The average Bonchev–Trinajstić information content (AvgIpc) is 2.13. The topological polar surface area (TPSA) is 26.3 Å². The van der Waals surface area contributed by atoms with Gasteiger partial charge in [0.25, 0.3) is 0 Å². The van der Waals surface area contributed by atoms with Gasteiger partial charge >= 0.3 is 5.97 Å². The molecule has 1 unspecified atom stereocenters. The van der Waals surface area contributed by atoms with Gasteiger partial charge in [0.05, 0.1) is 0 Å². The van der Waals surface area contributed by atoms with Crippen molar-refractivity contribution in [2.75, 3.05) is 0 Å². The number of carbonyl (C=O) groups excluding carboxylic acids is 1. The van der Waals surface area contributed by atoms with E-state index in [1.54, 1.807) is 0 Å². The van der Waals surface area contributed by atoms with E-state index in [2.05, 4.69) is 13.2 Å². The van der Waals surface area contributed by atoms with Crippen LogP contribution in [0.2, 0.25) is 0 Å². The van der Waals surface area contributed by atoms with Crippen LogP contribution in [0.1, 0.15) is 13.3 Å². The fourth-order valence-corrected chi connectivity index (χ4v) is 0.836. The molecule has 0 bridgehead atoms. The third kappa shape index (κ3) is 1.10. The van der Waals surface area contributed by atoms with Crippen molar-refractivity contribution in [1.82, 2.24) is 0 Å². The molecule has 0 spiro atoms. The largest absolute Gasteiger partial charge is 0.454 e. The van der Waals surface area contributed by atoms with Crippen LogP contribution in [-0.4, -0.2) is 12.1 Å². The molecule has 0 amide bonds. The molecule has 1 aliphatic heterocycles. The van der Waals surface area contributed by atoms with E-state index < -0.39 is 0 Å². The van der Waals surface area contributed by atoms with E-state index in [1.807, 2.05) is 6.92 Å². The predicted octanol–water partition coefficient (Wildman–Crippen LogP) is 1.43. The van der Waals surface area contributed by atoms with Crippen LogP contribution in [0.15, 0.2) is 24.3 Å². The van der Waals surface area contributed by atoms with Gasteiger partial charge in [-0.1, -0.05) is 13.2 Å². The van der Waals surface area contributed by atoms with Crippen molar-refractivity contribution in [1.29, 1.82) is 0 Å². The molecule has 54 valence electrons. The number of hydrogen-bond donors (Lipinski definition) is 0. The van der Waals surface area contributed by atoms with Crippen LogP contribution in [-0.2, 0) is 9.53 Å². The highest BCUT2D eigenvalue weighted by Gasteiger charge is 2.27. The zero-order valence-corrected chi connectivity index (χ0v) is 6.02. The normalized spacial score (nSPS) is 24.7. The molecule has 0 saturated carbocycles. The molecule has 0 aromatic heterocycles. The number of cyclic esters (lactones) is 1. The summed E-state index contributed by atoms with van der Waals surface area (Å²) < 4.78 is 4.90. The number of rotatable bonds is 1. The molecule has 1 saturated heterocycles. The van der Waals surface area contributed by atoms with Crippen molar-refractivity contribution in [3.63, 3.8) is 0 Å². The maximum absolute atomic E-state index is 10.7. The van der Waals surface area contributed by atoms with Crippen molar-refractivity contribution in [3.05, 3.63) is 24.3 Å². The Labute approximate surface area is 60.2 Å². The van der Waals surface area contributed by atoms with Gasteiger partial charge in [0, 0.05) is 12.0 Å². The van der Waals surface area contributed by atoms with E-state index in [-0.39, 0.29) is 12.1 Å². The van der Waals surface area contributed by atoms with Gasteiger partial charge in [0.2, 0.25) is 0 Å². The number of hydrogen-bond acceptors (Lipinski definition) is 2. The minimum absolute atomic E-state index is 0.125. The second-order valence-electron chi connectivity index (χ2n) is 2.55. The standard InChI is InChI=1S/C8H10O2/c1-5(2)7-4-6(3)8(9)10-7/h7H,1,3-4H2,2H3. The second-order valence-corrected chi connectivity index (χ2v) is 2.55. The van der Waals surface area contributed by atoms with Gasteiger partial charge in [-0.15, -0.1) is 0 Å². The van der Waals surface area contributed by atoms with E-state index >= 15 is 0 Å². The molecule has 1 heterocycles. The summed E-state index contributed by atoms with van der Waals surface area (Å²) in [7, 11) is 0. The van der Waals surface area contributed by atoms with E-state index in [1.165, 1.54) is 0 Å². The molecule has 0 aliphatic carbocycles. The maximum Gasteiger partial charge on any atom is 0.334 e. The Bertz CT molecular complexity index is 187. The Morgan fingerprint density at radius 1 is 1.80 bits per heavy atom. The van der Waals surface area contributed by atoms with Crippen molar-refractivity contribution >= 4 is 5.97 Å². The van der Waals surface area contributed by atoms with Gasteiger partial charge in [-0.2, -0.15) is 0 Å². The molecule has 1 rings (SSSR count). The SMILES string of the molecule is C=C1CC(C(=C)C)OC1=O. The first-order valence-electron chi connectivity index (χ1n) is 3.15. The summed E-state index contributed by atoms with van der Waals surface area (Å²) in [6, 6.07) is 0. The predicted molar refractivity (Wildman–Crippen MR) is 38.5 cm³/mol. The highest BCUT2D eigenvalue weighted by Crippen LogP contribution is 2.22. The molecule has 1 atom stereocenters. The lowest BCUT2D eigenvalue weighted by molar-refractivity contribution is -0.137. The minimum Gasteiger partial charge on any atom is -0.454 e. The molecule has 0 radical (unpaired) electrons. The highest BCUT2D eigenvalue weighted by atomic mass is 16.5. The second kappa shape index (κ2) is 2.29.